The molecule has 0 saturated carbocycles. The molecule has 0 rings (SSSR count). The molecule has 0 saturated heterocycles. The van der Waals surface area contributed by atoms with Crippen molar-refractivity contribution in [3.05, 3.63) is 24.3 Å². The zero-order valence-corrected chi connectivity index (χ0v) is 35.3. The molecule has 0 fully saturated rings. The number of carbonyl (C=O) groups is 1. The third kappa shape index (κ3) is 40.1. The van der Waals surface area contributed by atoms with E-state index < -0.39 is 12.1 Å². The molecule has 308 valence electrons. The summed E-state index contributed by atoms with van der Waals surface area (Å²) < 4.78 is 0. The molecular weight excluding hydrogens is 639 g/mol. The fourth-order valence-electron chi connectivity index (χ4n) is 7.29. The average molecular weight is 732 g/mol. The second kappa shape index (κ2) is 44.3. The Morgan fingerprint density at radius 2 is 0.731 bits per heavy atom. The van der Waals surface area contributed by atoms with Crippen molar-refractivity contribution in [3.63, 3.8) is 0 Å². The average Bonchev–Trinajstić information content (AvgIpc) is 3.15. The van der Waals surface area contributed by atoms with Gasteiger partial charge >= 0.3 is 0 Å². The SMILES string of the molecule is CCCCCCCC/C=C\CCCCCCCC(=O)NC(CO)C(O)/C=C/CCCCCCCCCCCCCCCCCCCCCCCCC. The van der Waals surface area contributed by atoms with Gasteiger partial charge in [-0.3, -0.25) is 4.79 Å². The van der Waals surface area contributed by atoms with Crippen LogP contribution in [0.1, 0.15) is 258 Å². The number of nitrogens with one attached hydrogen (secondary N) is 1. The van der Waals surface area contributed by atoms with Crippen molar-refractivity contribution in [2.45, 2.75) is 270 Å². The molecule has 4 heteroatoms. The summed E-state index contributed by atoms with van der Waals surface area (Å²) in [5, 5.41) is 23.0. The monoisotopic (exact) mass is 732 g/mol. The summed E-state index contributed by atoms with van der Waals surface area (Å²) in [5.74, 6) is -0.0704. The fraction of sp³-hybridized carbons (Fsp3) is 0.896. The highest BCUT2D eigenvalue weighted by atomic mass is 16.3. The van der Waals surface area contributed by atoms with Crippen molar-refractivity contribution < 1.29 is 15.0 Å². The van der Waals surface area contributed by atoms with Gasteiger partial charge in [0.25, 0.3) is 0 Å². The van der Waals surface area contributed by atoms with Crippen LogP contribution in [0.15, 0.2) is 24.3 Å². The minimum absolute atomic E-state index is 0.0704. The van der Waals surface area contributed by atoms with Gasteiger partial charge in [0.05, 0.1) is 18.8 Å². The molecule has 2 atom stereocenters. The standard InChI is InChI=1S/C48H93NO3/c1-3-5-7-9-11-13-15-17-19-20-21-22-23-24-25-26-27-28-30-31-33-35-37-39-41-43-47(51)46(45-50)49-48(52)44-42-40-38-36-34-32-29-18-16-14-12-10-8-6-4-2/h18,29,41,43,46-47,50-51H,3-17,19-28,30-40,42,44-45H2,1-2H3,(H,49,52)/b29-18-,43-41+. The highest BCUT2D eigenvalue weighted by molar-refractivity contribution is 5.76. The number of hydrogen-bond acceptors (Lipinski definition) is 3. The lowest BCUT2D eigenvalue weighted by Gasteiger charge is -2.20. The van der Waals surface area contributed by atoms with Gasteiger partial charge in [0.2, 0.25) is 5.91 Å². The van der Waals surface area contributed by atoms with Gasteiger partial charge in [-0.25, -0.2) is 0 Å². The third-order valence-electron chi connectivity index (χ3n) is 10.9. The van der Waals surface area contributed by atoms with E-state index in [-0.39, 0.29) is 12.5 Å². The van der Waals surface area contributed by atoms with E-state index >= 15 is 0 Å². The van der Waals surface area contributed by atoms with Crippen LogP contribution in [0, 0.1) is 0 Å². The van der Waals surface area contributed by atoms with Crippen LogP contribution < -0.4 is 5.32 Å². The predicted molar refractivity (Wildman–Crippen MR) is 230 cm³/mol. The van der Waals surface area contributed by atoms with E-state index in [9.17, 15) is 15.0 Å². The van der Waals surface area contributed by atoms with Gasteiger partial charge in [0.15, 0.2) is 0 Å². The van der Waals surface area contributed by atoms with E-state index in [0.717, 1.165) is 32.1 Å². The van der Waals surface area contributed by atoms with E-state index in [1.807, 2.05) is 6.08 Å². The van der Waals surface area contributed by atoms with Crippen molar-refractivity contribution in [1.82, 2.24) is 5.32 Å². The first-order valence-corrected chi connectivity index (χ1v) is 23.6. The van der Waals surface area contributed by atoms with Crippen LogP contribution in [0.3, 0.4) is 0 Å². The van der Waals surface area contributed by atoms with Crippen molar-refractivity contribution in [3.8, 4) is 0 Å². The number of rotatable bonds is 43. The van der Waals surface area contributed by atoms with Crippen LogP contribution in [-0.2, 0) is 4.79 Å². The zero-order valence-electron chi connectivity index (χ0n) is 35.3. The molecule has 1 amide bonds. The molecule has 2 unspecified atom stereocenters. The van der Waals surface area contributed by atoms with Gasteiger partial charge in [-0.2, -0.15) is 0 Å². The number of aliphatic hydroxyl groups excluding tert-OH is 2. The molecule has 0 heterocycles. The topological polar surface area (TPSA) is 69.6 Å². The summed E-state index contributed by atoms with van der Waals surface area (Å²) in [6, 6.07) is -0.624. The highest BCUT2D eigenvalue weighted by Crippen LogP contribution is 2.16. The second-order valence-electron chi connectivity index (χ2n) is 16.2. The maximum absolute atomic E-state index is 12.4. The van der Waals surface area contributed by atoms with Crippen LogP contribution in [0.4, 0.5) is 0 Å². The van der Waals surface area contributed by atoms with Crippen molar-refractivity contribution in [2.75, 3.05) is 6.61 Å². The summed E-state index contributed by atoms with van der Waals surface area (Å²) in [6.45, 7) is 4.32. The molecule has 0 aromatic rings. The smallest absolute Gasteiger partial charge is 0.220 e. The Morgan fingerprint density at radius 1 is 0.442 bits per heavy atom. The highest BCUT2D eigenvalue weighted by Gasteiger charge is 2.17. The molecule has 0 spiro atoms. The molecule has 0 aromatic carbocycles. The molecule has 0 aliphatic carbocycles. The van der Waals surface area contributed by atoms with E-state index in [0.29, 0.717) is 6.42 Å². The Bertz CT molecular complexity index is 750. The molecule has 0 radical (unpaired) electrons. The number of unbranched alkanes of at least 4 members (excludes halogenated alkanes) is 34. The number of aliphatic hydroxyl groups is 2. The Labute approximate surface area is 326 Å². The van der Waals surface area contributed by atoms with Crippen molar-refractivity contribution >= 4 is 5.91 Å². The van der Waals surface area contributed by atoms with Crippen LogP contribution >= 0.6 is 0 Å². The number of amides is 1. The lowest BCUT2D eigenvalue weighted by atomic mass is 10.0. The molecule has 4 nitrogen and oxygen atoms in total. The minimum Gasteiger partial charge on any atom is -0.394 e. The molecule has 52 heavy (non-hydrogen) atoms. The summed E-state index contributed by atoms with van der Waals surface area (Å²) in [6.07, 6.45) is 57.3. The molecule has 0 aliphatic heterocycles. The molecular formula is C48H93NO3. The second-order valence-corrected chi connectivity index (χ2v) is 16.2. The summed E-state index contributed by atoms with van der Waals surface area (Å²) in [7, 11) is 0. The first-order valence-electron chi connectivity index (χ1n) is 23.6. The Balaban J connectivity index is 3.51. The van der Waals surface area contributed by atoms with Crippen LogP contribution in [0.2, 0.25) is 0 Å². The molecule has 3 N–H and O–H groups in total. The lowest BCUT2D eigenvalue weighted by molar-refractivity contribution is -0.123. The normalized spacial score (nSPS) is 13.1. The van der Waals surface area contributed by atoms with E-state index in [2.05, 4.69) is 31.3 Å². The zero-order chi connectivity index (χ0) is 37.8. The first-order chi connectivity index (χ1) is 25.7. The van der Waals surface area contributed by atoms with Crippen molar-refractivity contribution in [2.24, 2.45) is 0 Å². The lowest BCUT2D eigenvalue weighted by Crippen LogP contribution is -2.45. The largest absolute Gasteiger partial charge is 0.394 e. The Hall–Kier alpha value is -1.13. The van der Waals surface area contributed by atoms with Gasteiger partial charge in [-0.05, 0) is 44.9 Å². The Kier molecular flexibility index (Phi) is 43.3. The maximum Gasteiger partial charge on any atom is 0.220 e. The van der Waals surface area contributed by atoms with Crippen LogP contribution in [0.25, 0.3) is 0 Å². The van der Waals surface area contributed by atoms with Gasteiger partial charge in [-0.15, -0.1) is 0 Å². The van der Waals surface area contributed by atoms with Gasteiger partial charge in [-0.1, -0.05) is 231 Å². The number of hydrogen-bond donors (Lipinski definition) is 3. The van der Waals surface area contributed by atoms with Gasteiger partial charge in [0, 0.05) is 6.42 Å². The summed E-state index contributed by atoms with van der Waals surface area (Å²) in [4.78, 5) is 12.4. The van der Waals surface area contributed by atoms with Gasteiger partial charge in [0.1, 0.15) is 0 Å². The predicted octanol–water partition coefficient (Wildman–Crippen LogP) is 14.8. The van der Waals surface area contributed by atoms with E-state index in [4.69, 9.17) is 0 Å². The van der Waals surface area contributed by atoms with E-state index in [1.54, 1.807) is 6.08 Å². The summed E-state index contributed by atoms with van der Waals surface area (Å²) >= 11 is 0. The minimum atomic E-state index is -0.840. The molecule has 0 bridgehead atoms. The van der Waals surface area contributed by atoms with Crippen LogP contribution in [-0.4, -0.2) is 34.9 Å². The quantitative estimate of drug-likeness (QED) is 0.0432. The maximum atomic E-state index is 12.4. The van der Waals surface area contributed by atoms with Crippen LogP contribution in [0.5, 0.6) is 0 Å². The first kappa shape index (κ1) is 50.9. The van der Waals surface area contributed by atoms with E-state index in [1.165, 1.54) is 205 Å². The fourth-order valence-corrected chi connectivity index (χ4v) is 7.29. The number of allylic oxidation sites excluding steroid dienone is 3. The van der Waals surface area contributed by atoms with Crippen molar-refractivity contribution in [1.29, 1.82) is 0 Å². The Morgan fingerprint density at radius 3 is 1.06 bits per heavy atom. The number of carbonyl (C=O) groups excluding carboxylic acids is 1. The third-order valence-corrected chi connectivity index (χ3v) is 10.9. The molecule has 0 aliphatic rings. The molecule has 0 aromatic heterocycles. The summed E-state index contributed by atoms with van der Waals surface area (Å²) in [5.41, 5.74) is 0. The van der Waals surface area contributed by atoms with Gasteiger partial charge < -0.3 is 15.5 Å².